The van der Waals surface area contributed by atoms with Crippen molar-refractivity contribution in [3.63, 3.8) is 0 Å². The van der Waals surface area contributed by atoms with E-state index in [1.165, 1.54) is 32.2 Å². The summed E-state index contributed by atoms with van der Waals surface area (Å²) in [5, 5.41) is 12.9. The third-order valence-corrected chi connectivity index (χ3v) is 5.61. The van der Waals surface area contributed by atoms with Crippen LogP contribution in [0.15, 0.2) is 22.7 Å². The molecule has 0 unspecified atom stereocenters. The van der Waals surface area contributed by atoms with Crippen LogP contribution in [0.4, 0.5) is 0 Å². The number of hydrogen-bond acceptors (Lipinski definition) is 3. The van der Waals surface area contributed by atoms with Gasteiger partial charge >= 0.3 is 0 Å². The molecular weight excluding hydrogens is 356 g/mol. The molecule has 0 aromatic heterocycles. The summed E-state index contributed by atoms with van der Waals surface area (Å²) in [5.74, 6) is 0.738. The Labute approximate surface area is 146 Å². The van der Waals surface area contributed by atoms with Crippen LogP contribution >= 0.6 is 15.9 Å². The van der Waals surface area contributed by atoms with E-state index in [-0.39, 0.29) is 17.7 Å². The van der Waals surface area contributed by atoms with E-state index in [0.717, 1.165) is 36.3 Å². The molecule has 1 heterocycles. The number of carbonyl (C=O) groups is 1. The minimum Gasteiger partial charge on any atom is -0.507 e. The number of hydrogen-bond donors (Lipinski definition) is 2. The first-order valence-corrected chi connectivity index (χ1v) is 9.43. The lowest BCUT2D eigenvalue weighted by Gasteiger charge is -2.33. The molecule has 23 heavy (non-hydrogen) atoms. The number of rotatable bonds is 4. The van der Waals surface area contributed by atoms with Gasteiger partial charge in [0, 0.05) is 30.1 Å². The number of halogens is 1. The Balaban J connectivity index is 1.48. The quantitative estimate of drug-likeness (QED) is 0.839. The normalized spacial score (nSPS) is 20.7. The molecule has 3 rings (SSSR count). The molecule has 0 bridgehead atoms. The van der Waals surface area contributed by atoms with Crippen molar-refractivity contribution in [2.45, 2.75) is 44.6 Å². The van der Waals surface area contributed by atoms with E-state index in [2.05, 4.69) is 26.1 Å². The van der Waals surface area contributed by atoms with Crippen LogP contribution in [-0.2, 0) is 0 Å². The summed E-state index contributed by atoms with van der Waals surface area (Å²) in [6, 6.07) is 5.15. The van der Waals surface area contributed by atoms with Crippen LogP contribution in [0.5, 0.6) is 5.75 Å². The molecule has 2 fully saturated rings. The van der Waals surface area contributed by atoms with Gasteiger partial charge in [0.2, 0.25) is 0 Å². The fraction of sp³-hybridized carbons (Fsp3) is 0.611. The van der Waals surface area contributed by atoms with E-state index in [4.69, 9.17) is 0 Å². The molecule has 1 saturated heterocycles. The number of phenolic OH excluding ortho intramolecular Hbond substituents is 1. The summed E-state index contributed by atoms with van der Waals surface area (Å²) in [6.07, 6.45) is 7.55. The van der Waals surface area contributed by atoms with Gasteiger partial charge in [-0.25, -0.2) is 0 Å². The average Bonchev–Trinajstić information content (AvgIpc) is 3.04. The van der Waals surface area contributed by atoms with Crippen molar-refractivity contribution in [1.29, 1.82) is 0 Å². The highest BCUT2D eigenvalue weighted by Crippen LogP contribution is 2.27. The highest BCUT2D eigenvalue weighted by molar-refractivity contribution is 9.10. The molecule has 0 spiro atoms. The zero-order valence-electron chi connectivity index (χ0n) is 13.4. The summed E-state index contributed by atoms with van der Waals surface area (Å²) in [5.41, 5.74) is 0.341. The predicted molar refractivity (Wildman–Crippen MR) is 94.7 cm³/mol. The first-order chi connectivity index (χ1) is 11.1. The summed E-state index contributed by atoms with van der Waals surface area (Å²) in [6.45, 7) is 3.35. The van der Waals surface area contributed by atoms with E-state index in [1.807, 2.05) is 0 Å². The first kappa shape index (κ1) is 16.8. The Hall–Kier alpha value is -1.07. The minimum absolute atomic E-state index is 0.0318. The third-order valence-electron chi connectivity index (χ3n) is 5.12. The second-order valence-corrected chi connectivity index (χ2v) is 7.78. The fourth-order valence-electron chi connectivity index (χ4n) is 3.77. The summed E-state index contributed by atoms with van der Waals surface area (Å²) >= 11 is 3.34. The van der Waals surface area contributed by atoms with Gasteiger partial charge in [0.15, 0.2) is 0 Å². The van der Waals surface area contributed by atoms with E-state index in [9.17, 15) is 9.90 Å². The van der Waals surface area contributed by atoms with Gasteiger partial charge in [-0.3, -0.25) is 4.79 Å². The highest BCUT2D eigenvalue weighted by Gasteiger charge is 2.25. The standard InChI is InChI=1S/C18H25BrN2O2/c19-14-5-6-17(22)16(11-14)18(23)20-15-7-9-21(10-8-15)12-13-3-1-2-4-13/h5-6,11,13,15,22H,1-4,7-10,12H2,(H,20,23). The largest absolute Gasteiger partial charge is 0.507 e. The summed E-state index contributed by atoms with van der Waals surface area (Å²) in [7, 11) is 0. The fourth-order valence-corrected chi connectivity index (χ4v) is 4.13. The Morgan fingerprint density at radius 1 is 1.22 bits per heavy atom. The van der Waals surface area contributed by atoms with Crippen LogP contribution in [0.25, 0.3) is 0 Å². The van der Waals surface area contributed by atoms with Crippen LogP contribution in [0.3, 0.4) is 0 Å². The zero-order chi connectivity index (χ0) is 16.2. The summed E-state index contributed by atoms with van der Waals surface area (Å²) < 4.78 is 0.798. The highest BCUT2D eigenvalue weighted by atomic mass is 79.9. The van der Waals surface area contributed by atoms with E-state index >= 15 is 0 Å². The molecule has 1 aromatic rings. The molecule has 1 aromatic carbocycles. The topological polar surface area (TPSA) is 52.6 Å². The Morgan fingerprint density at radius 2 is 1.91 bits per heavy atom. The Morgan fingerprint density at radius 3 is 2.61 bits per heavy atom. The van der Waals surface area contributed by atoms with Crippen LogP contribution in [0.2, 0.25) is 0 Å². The minimum atomic E-state index is -0.182. The number of amides is 1. The maximum absolute atomic E-state index is 12.3. The molecule has 4 nitrogen and oxygen atoms in total. The maximum Gasteiger partial charge on any atom is 0.255 e. The molecule has 1 aliphatic heterocycles. The zero-order valence-corrected chi connectivity index (χ0v) is 15.0. The van der Waals surface area contributed by atoms with Gasteiger partial charge in [0.25, 0.3) is 5.91 Å². The van der Waals surface area contributed by atoms with Gasteiger partial charge in [-0.05, 0) is 49.8 Å². The van der Waals surface area contributed by atoms with Gasteiger partial charge in [-0.1, -0.05) is 28.8 Å². The van der Waals surface area contributed by atoms with Gasteiger partial charge < -0.3 is 15.3 Å². The third kappa shape index (κ3) is 4.48. The van der Waals surface area contributed by atoms with Gasteiger partial charge in [0.05, 0.1) is 5.56 Å². The second kappa shape index (κ2) is 7.67. The lowest BCUT2D eigenvalue weighted by atomic mass is 10.0. The lowest BCUT2D eigenvalue weighted by molar-refractivity contribution is 0.0903. The van der Waals surface area contributed by atoms with Crippen molar-refractivity contribution in [2.24, 2.45) is 5.92 Å². The van der Waals surface area contributed by atoms with Crippen molar-refractivity contribution in [2.75, 3.05) is 19.6 Å². The number of phenols is 1. The molecule has 1 saturated carbocycles. The smallest absolute Gasteiger partial charge is 0.255 e. The molecule has 126 valence electrons. The number of benzene rings is 1. The maximum atomic E-state index is 12.3. The van der Waals surface area contributed by atoms with Crippen molar-refractivity contribution in [3.05, 3.63) is 28.2 Å². The number of nitrogens with one attached hydrogen (secondary N) is 1. The predicted octanol–water partition coefficient (Wildman–Crippen LogP) is 3.54. The molecule has 2 aliphatic rings. The van der Waals surface area contributed by atoms with Gasteiger partial charge in [-0.15, -0.1) is 0 Å². The van der Waals surface area contributed by atoms with Crippen LogP contribution in [0.1, 0.15) is 48.9 Å². The molecule has 2 N–H and O–H groups in total. The average molecular weight is 381 g/mol. The molecule has 1 amide bonds. The summed E-state index contributed by atoms with van der Waals surface area (Å²) in [4.78, 5) is 14.9. The number of aromatic hydroxyl groups is 1. The van der Waals surface area contributed by atoms with Crippen molar-refractivity contribution in [3.8, 4) is 5.75 Å². The number of likely N-dealkylation sites (tertiary alicyclic amines) is 1. The molecule has 5 heteroatoms. The van der Waals surface area contributed by atoms with Crippen molar-refractivity contribution >= 4 is 21.8 Å². The SMILES string of the molecule is O=C(NC1CCN(CC2CCCC2)CC1)c1cc(Br)ccc1O. The molecule has 1 aliphatic carbocycles. The van der Waals surface area contributed by atoms with E-state index in [1.54, 1.807) is 18.2 Å². The van der Waals surface area contributed by atoms with E-state index in [0.29, 0.717) is 5.56 Å². The number of carbonyl (C=O) groups excluding carboxylic acids is 1. The number of nitrogens with zero attached hydrogens (tertiary/aromatic N) is 1. The monoisotopic (exact) mass is 380 g/mol. The van der Waals surface area contributed by atoms with E-state index < -0.39 is 0 Å². The molecular formula is C18H25BrN2O2. The Kier molecular flexibility index (Phi) is 5.59. The first-order valence-electron chi connectivity index (χ1n) is 8.63. The second-order valence-electron chi connectivity index (χ2n) is 6.86. The molecule has 0 atom stereocenters. The van der Waals surface area contributed by atoms with Gasteiger partial charge in [-0.2, -0.15) is 0 Å². The van der Waals surface area contributed by atoms with Crippen molar-refractivity contribution < 1.29 is 9.90 Å². The van der Waals surface area contributed by atoms with Crippen molar-refractivity contribution in [1.82, 2.24) is 10.2 Å². The van der Waals surface area contributed by atoms with Crippen LogP contribution in [-0.4, -0.2) is 41.6 Å². The van der Waals surface area contributed by atoms with Crippen LogP contribution in [0, 0.1) is 5.92 Å². The lowest BCUT2D eigenvalue weighted by Crippen LogP contribution is -2.45. The van der Waals surface area contributed by atoms with Gasteiger partial charge in [0.1, 0.15) is 5.75 Å². The molecule has 0 radical (unpaired) electrons. The van der Waals surface area contributed by atoms with Crippen LogP contribution < -0.4 is 5.32 Å². The number of piperidine rings is 1. The Bertz CT molecular complexity index is 550.